The van der Waals surface area contributed by atoms with E-state index in [1.807, 2.05) is 30.9 Å². The van der Waals surface area contributed by atoms with Gasteiger partial charge in [-0.05, 0) is 26.0 Å². The van der Waals surface area contributed by atoms with Crippen molar-refractivity contribution in [2.24, 2.45) is 0 Å². The van der Waals surface area contributed by atoms with Crippen LogP contribution >= 0.6 is 0 Å². The number of morpholine rings is 1. The highest BCUT2D eigenvalue weighted by Gasteiger charge is 2.39. The van der Waals surface area contributed by atoms with Gasteiger partial charge in [0.05, 0.1) is 25.3 Å². The molecule has 1 amide bonds. The van der Waals surface area contributed by atoms with Crippen molar-refractivity contribution in [3.8, 4) is 11.4 Å². The lowest BCUT2D eigenvalue weighted by molar-refractivity contribution is -0.147. The van der Waals surface area contributed by atoms with Crippen LogP contribution in [0.1, 0.15) is 19.7 Å². The fraction of sp³-hybridized carbons (Fsp3) is 0.556. The number of carbonyl (C=O) groups excluding carboxylic acids is 1. The average Bonchev–Trinajstić information content (AvgIpc) is 3.12. The Morgan fingerprint density at radius 1 is 1.15 bits per heavy atom. The van der Waals surface area contributed by atoms with E-state index in [0.717, 1.165) is 30.3 Å². The van der Waals surface area contributed by atoms with E-state index >= 15 is 0 Å². The van der Waals surface area contributed by atoms with Crippen molar-refractivity contribution < 1.29 is 9.53 Å². The Bertz CT molecular complexity index is 782. The average molecular weight is 356 g/mol. The van der Waals surface area contributed by atoms with Gasteiger partial charge in [0, 0.05) is 44.1 Å². The molecule has 0 aromatic carbocycles. The van der Waals surface area contributed by atoms with Gasteiger partial charge in [0.2, 0.25) is 5.91 Å². The van der Waals surface area contributed by atoms with E-state index in [-0.39, 0.29) is 5.91 Å². The normalized spacial score (nSPS) is 18.6. The van der Waals surface area contributed by atoms with Crippen molar-refractivity contribution in [1.29, 1.82) is 0 Å². The van der Waals surface area contributed by atoms with E-state index in [4.69, 9.17) is 4.74 Å². The number of pyridine rings is 1. The molecule has 26 heavy (non-hydrogen) atoms. The molecule has 2 aromatic heterocycles. The van der Waals surface area contributed by atoms with Crippen LogP contribution in [0.15, 0.2) is 24.5 Å². The number of hydrogen-bond acceptors (Lipinski definition) is 6. The largest absolute Gasteiger partial charge is 0.379 e. The number of amides is 1. The summed E-state index contributed by atoms with van der Waals surface area (Å²) in [5.74, 6) is 1.77. The number of ether oxygens (including phenoxy) is 1. The molecule has 1 fully saturated rings. The monoisotopic (exact) mass is 356 g/mol. The number of hydrogen-bond donors (Lipinski definition) is 0. The molecule has 0 aliphatic carbocycles. The van der Waals surface area contributed by atoms with Crippen LogP contribution in [0.4, 0.5) is 0 Å². The molecule has 2 aliphatic rings. The van der Waals surface area contributed by atoms with Gasteiger partial charge >= 0.3 is 0 Å². The zero-order chi connectivity index (χ0) is 18.1. The molecular formula is C18H24N6O2. The third kappa shape index (κ3) is 2.99. The zero-order valence-electron chi connectivity index (χ0n) is 15.3. The lowest BCUT2D eigenvalue weighted by Crippen LogP contribution is -2.59. The lowest BCUT2D eigenvalue weighted by atomic mass is 9.99. The summed E-state index contributed by atoms with van der Waals surface area (Å²) in [5.41, 5.74) is 0.401. The van der Waals surface area contributed by atoms with Crippen molar-refractivity contribution in [2.45, 2.75) is 32.5 Å². The minimum atomic E-state index is -0.544. The Labute approximate surface area is 152 Å². The number of rotatable bonds is 3. The van der Waals surface area contributed by atoms with Crippen molar-refractivity contribution in [3.05, 3.63) is 30.4 Å². The van der Waals surface area contributed by atoms with Gasteiger partial charge in [-0.2, -0.15) is 0 Å². The third-order valence-electron chi connectivity index (χ3n) is 5.29. The van der Waals surface area contributed by atoms with E-state index in [1.54, 1.807) is 12.4 Å². The van der Waals surface area contributed by atoms with E-state index in [0.29, 0.717) is 32.8 Å². The highest BCUT2D eigenvalue weighted by Crippen LogP contribution is 2.25. The maximum Gasteiger partial charge on any atom is 0.242 e. The Hall–Kier alpha value is -2.32. The molecule has 0 spiro atoms. The maximum atomic E-state index is 13.2. The predicted octanol–water partition coefficient (Wildman–Crippen LogP) is 0.793. The minimum Gasteiger partial charge on any atom is -0.379 e. The molecule has 4 heterocycles. The van der Waals surface area contributed by atoms with Crippen LogP contribution in [0.2, 0.25) is 0 Å². The first-order valence-electron chi connectivity index (χ1n) is 9.02. The van der Waals surface area contributed by atoms with Gasteiger partial charge in [0.25, 0.3) is 0 Å². The van der Waals surface area contributed by atoms with Gasteiger partial charge in [-0.25, -0.2) is 0 Å². The highest BCUT2D eigenvalue weighted by atomic mass is 16.5. The van der Waals surface area contributed by atoms with Crippen molar-refractivity contribution >= 4 is 5.91 Å². The van der Waals surface area contributed by atoms with Crippen LogP contribution in [0.25, 0.3) is 11.4 Å². The number of nitrogens with zero attached hydrogens (tertiary/aromatic N) is 6. The van der Waals surface area contributed by atoms with Gasteiger partial charge in [-0.3, -0.25) is 14.7 Å². The van der Waals surface area contributed by atoms with Crippen LogP contribution in [-0.4, -0.2) is 73.8 Å². The lowest BCUT2D eigenvalue weighted by Gasteiger charge is -2.42. The Morgan fingerprint density at radius 2 is 1.96 bits per heavy atom. The molecule has 2 aliphatic heterocycles. The third-order valence-corrected chi connectivity index (χ3v) is 5.29. The molecule has 8 heteroatoms. The summed E-state index contributed by atoms with van der Waals surface area (Å²) in [7, 11) is 0. The SMILES string of the molecule is CC(C)(C(=O)N1CCn2c(nnc2-c2cccnc2)C1)N1CCOCC1. The molecule has 4 rings (SSSR count). The zero-order valence-corrected chi connectivity index (χ0v) is 15.3. The van der Waals surface area contributed by atoms with Crippen molar-refractivity contribution in [1.82, 2.24) is 29.5 Å². The summed E-state index contributed by atoms with van der Waals surface area (Å²) in [6.45, 7) is 8.77. The van der Waals surface area contributed by atoms with Crippen LogP contribution in [-0.2, 0) is 22.6 Å². The van der Waals surface area contributed by atoms with E-state index < -0.39 is 5.54 Å². The highest BCUT2D eigenvalue weighted by molar-refractivity contribution is 5.85. The minimum absolute atomic E-state index is 0.136. The summed E-state index contributed by atoms with van der Waals surface area (Å²) >= 11 is 0. The van der Waals surface area contributed by atoms with Gasteiger partial charge in [-0.1, -0.05) is 0 Å². The van der Waals surface area contributed by atoms with Crippen molar-refractivity contribution in [2.75, 3.05) is 32.8 Å². The topological polar surface area (TPSA) is 76.4 Å². The Morgan fingerprint density at radius 3 is 2.69 bits per heavy atom. The fourth-order valence-corrected chi connectivity index (χ4v) is 3.68. The predicted molar refractivity (Wildman–Crippen MR) is 95.1 cm³/mol. The van der Waals surface area contributed by atoms with E-state index in [9.17, 15) is 4.79 Å². The Kier molecular flexibility index (Phi) is 4.46. The quantitative estimate of drug-likeness (QED) is 0.809. The standard InChI is InChI=1S/C18H24N6O2/c1-18(2,23-8-10-26-11-9-23)17(25)22-6-7-24-15(13-22)20-21-16(24)14-4-3-5-19-12-14/h3-5,12H,6-11,13H2,1-2H3. The summed E-state index contributed by atoms with van der Waals surface area (Å²) in [6.07, 6.45) is 3.53. The van der Waals surface area contributed by atoms with Crippen LogP contribution in [0.5, 0.6) is 0 Å². The summed E-state index contributed by atoms with van der Waals surface area (Å²) in [6, 6.07) is 3.86. The molecule has 0 saturated carbocycles. The molecule has 0 bridgehead atoms. The Balaban J connectivity index is 1.52. The first-order valence-corrected chi connectivity index (χ1v) is 9.02. The molecule has 8 nitrogen and oxygen atoms in total. The second kappa shape index (κ2) is 6.77. The summed E-state index contributed by atoms with van der Waals surface area (Å²) in [4.78, 5) is 21.4. The number of aromatic nitrogens is 4. The molecule has 0 radical (unpaired) electrons. The second-order valence-electron chi connectivity index (χ2n) is 7.22. The molecule has 138 valence electrons. The first kappa shape index (κ1) is 17.1. The smallest absolute Gasteiger partial charge is 0.242 e. The molecule has 0 atom stereocenters. The number of carbonyl (C=O) groups is 1. The molecule has 0 N–H and O–H groups in total. The van der Waals surface area contributed by atoms with Gasteiger partial charge in [-0.15, -0.1) is 10.2 Å². The van der Waals surface area contributed by atoms with E-state index in [1.165, 1.54) is 0 Å². The molecule has 1 saturated heterocycles. The fourth-order valence-electron chi connectivity index (χ4n) is 3.68. The molecule has 2 aromatic rings. The maximum absolute atomic E-state index is 13.2. The molecular weight excluding hydrogens is 332 g/mol. The van der Waals surface area contributed by atoms with Crippen LogP contribution in [0.3, 0.4) is 0 Å². The van der Waals surface area contributed by atoms with Crippen LogP contribution < -0.4 is 0 Å². The van der Waals surface area contributed by atoms with Crippen LogP contribution in [0, 0.1) is 0 Å². The van der Waals surface area contributed by atoms with Gasteiger partial charge < -0.3 is 14.2 Å². The summed E-state index contributed by atoms with van der Waals surface area (Å²) < 4.78 is 7.50. The first-order chi connectivity index (χ1) is 12.6. The second-order valence-corrected chi connectivity index (χ2v) is 7.22. The van der Waals surface area contributed by atoms with E-state index in [2.05, 4.69) is 24.6 Å². The number of fused-ring (bicyclic) bond motifs is 1. The molecule has 0 unspecified atom stereocenters. The summed E-state index contributed by atoms with van der Waals surface area (Å²) in [5, 5.41) is 8.64. The van der Waals surface area contributed by atoms with Gasteiger partial charge in [0.1, 0.15) is 0 Å². The van der Waals surface area contributed by atoms with Gasteiger partial charge in [0.15, 0.2) is 11.6 Å². The van der Waals surface area contributed by atoms with Crippen molar-refractivity contribution in [3.63, 3.8) is 0 Å².